The van der Waals surface area contributed by atoms with Gasteiger partial charge in [0, 0.05) is 17.3 Å². The lowest BCUT2D eigenvalue weighted by Crippen LogP contribution is -2.55. The molecule has 126 valence electrons. The number of rotatable bonds is 6. The maximum Gasteiger partial charge on any atom is 0.220 e. The molecule has 0 aromatic carbocycles. The Hall–Kier alpha value is -0.830. The molecule has 4 saturated carbocycles. The van der Waals surface area contributed by atoms with Gasteiger partial charge in [0.1, 0.15) is 0 Å². The fourth-order valence-electron chi connectivity index (χ4n) is 6.05. The summed E-state index contributed by atoms with van der Waals surface area (Å²) >= 11 is 1.80. The second kappa shape index (κ2) is 6.23. The topological polar surface area (TPSA) is 29.1 Å². The van der Waals surface area contributed by atoms with Gasteiger partial charge in [0.15, 0.2) is 0 Å². The van der Waals surface area contributed by atoms with Gasteiger partial charge in [-0.3, -0.25) is 4.79 Å². The minimum Gasteiger partial charge on any atom is -0.353 e. The first-order chi connectivity index (χ1) is 11.1. The Morgan fingerprint density at radius 3 is 2.48 bits per heavy atom. The standard InChI is InChI=1S/C20H29NOS/c1-14(21-19(22)6-2-4-18-5-3-7-23-18)20-11-15-8-16(12-20)10-17(9-15)13-20/h3,5,7,14-17H,2,4,6,8-13H2,1H3,(H,21,22)/t14-,15?,16?,17?,20?/m0/s1. The number of amides is 1. The van der Waals surface area contributed by atoms with Gasteiger partial charge in [-0.05, 0) is 92.9 Å². The summed E-state index contributed by atoms with van der Waals surface area (Å²) in [4.78, 5) is 13.8. The molecule has 4 fully saturated rings. The van der Waals surface area contributed by atoms with Crippen LogP contribution in [0.15, 0.2) is 17.5 Å². The average Bonchev–Trinajstić information content (AvgIpc) is 2.99. The van der Waals surface area contributed by atoms with Crippen molar-refractivity contribution < 1.29 is 4.79 Å². The van der Waals surface area contributed by atoms with Crippen LogP contribution in [0.3, 0.4) is 0 Å². The largest absolute Gasteiger partial charge is 0.353 e. The quantitative estimate of drug-likeness (QED) is 0.797. The molecule has 4 bridgehead atoms. The first-order valence-electron chi connectivity index (χ1n) is 9.45. The molecule has 3 heteroatoms. The Labute approximate surface area is 144 Å². The van der Waals surface area contributed by atoms with Crippen molar-refractivity contribution in [1.29, 1.82) is 0 Å². The van der Waals surface area contributed by atoms with Gasteiger partial charge in [0.05, 0.1) is 0 Å². The van der Waals surface area contributed by atoms with Crippen LogP contribution in [0.5, 0.6) is 0 Å². The zero-order valence-electron chi connectivity index (χ0n) is 14.2. The highest BCUT2D eigenvalue weighted by molar-refractivity contribution is 7.09. The lowest BCUT2D eigenvalue weighted by molar-refractivity contribution is -0.126. The van der Waals surface area contributed by atoms with Crippen LogP contribution in [-0.4, -0.2) is 11.9 Å². The van der Waals surface area contributed by atoms with Gasteiger partial charge in [-0.25, -0.2) is 0 Å². The highest BCUT2D eigenvalue weighted by atomic mass is 32.1. The molecule has 0 aliphatic heterocycles. The minimum atomic E-state index is 0.268. The predicted octanol–water partition coefficient (Wildman–Crippen LogP) is 4.79. The maximum atomic E-state index is 12.4. The van der Waals surface area contributed by atoms with Crippen molar-refractivity contribution in [1.82, 2.24) is 5.32 Å². The lowest BCUT2D eigenvalue weighted by Gasteiger charge is -2.59. The van der Waals surface area contributed by atoms with Gasteiger partial charge in [0.2, 0.25) is 5.91 Å². The Balaban J connectivity index is 1.29. The van der Waals surface area contributed by atoms with E-state index in [4.69, 9.17) is 0 Å². The molecule has 1 aromatic heterocycles. The van der Waals surface area contributed by atoms with Crippen LogP contribution in [0, 0.1) is 23.2 Å². The van der Waals surface area contributed by atoms with Crippen LogP contribution < -0.4 is 5.32 Å². The molecule has 0 radical (unpaired) electrons. The Kier molecular flexibility index (Phi) is 4.25. The highest BCUT2D eigenvalue weighted by Gasteiger charge is 2.53. The van der Waals surface area contributed by atoms with Crippen molar-refractivity contribution in [2.45, 2.75) is 70.8 Å². The third kappa shape index (κ3) is 3.22. The van der Waals surface area contributed by atoms with Gasteiger partial charge in [-0.15, -0.1) is 11.3 Å². The first kappa shape index (κ1) is 15.7. The summed E-state index contributed by atoms with van der Waals surface area (Å²) in [5, 5.41) is 5.50. The van der Waals surface area contributed by atoms with Crippen molar-refractivity contribution in [3.8, 4) is 0 Å². The number of nitrogens with one attached hydrogen (secondary N) is 1. The summed E-state index contributed by atoms with van der Waals surface area (Å²) in [5.41, 5.74) is 0.429. The van der Waals surface area contributed by atoms with Crippen molar-refractivity contribution >= 4 is 17.2 Å². The van der Waals surface area contributed by atoms with Gasteiger partial charge in [-0.1, -0.05) is 6.07 Å². The number of hydrogen-bond donors (Lipinski definition) is 1. The summed E-state index contributed by atoms with van der Waals surface area (Å²) in [5.74, 6) is 3.14. The summed E-state index contributed by atoms with van der Waals surface area (Å²) < 4.78 is 0. The smallest absolute Gasteiger partial charge is 0.220 e. The molecular formula is C20H29NOS. The van der Waals surface area contributed by atoms with Crippen LogP contribution in [0.2, 0.25) is 0 Å². The summed E-state index contributed by atoms with van der Waals surface area (Å²) in [7, 11) is 0. The van der Waals surface area contributed by atoms with Gasteiger partial charge >= 0.3 is 0 Å². The van der Waals surface area contributed by atoms with Crippen LogP contribution in [0.1, 0.15) is 63.2 Å². The molecule has 1 aromatic rings. The predicted molar refractivity (Wildman–Crippen MR) is 95.5 cm³/mol. The second-order valence-electron chi connectivity index (χ2n) is 8.50. The Morgan fingerprint density at radius 1 is 1.26 bits per heavy atom. The van der Waals surface area contributed by atoms with Crippen molar-refractivity contribution in [3.63, 3.8) is 0 Å². The Bertz CT molecular complexity index is 515. The maximum absolute atomic E-state index is 12.4. The van der Waals surface area contributed by atoms with E-state index in [1.54, 1.807) is 11.3 Å². The molecular weight excluding hydrogens is 302 g/mol. The van der Waals surface area contributed by atoms with E-state index in [0.29, 0.717) is 17.9 Å². The third-order valence-electron chi connectivity index (χ3n) is 6.79. The van der Waals surface area contributed by atoms with Crippen molar-refractivity contribution in [2.75, 3.05) is 0 Å². The summed E-state index contributed by atoms with van der Waals surface area (Å²) in [6, 6.07) is 4.63. The molecule has 5 rings (SSSR count). The van der Waals surface area contributed by atoms with Crippen LogP contribution in [-0.2, 0) is 11.2 Å². The van der Waals surface area contributed by atoms with Crippen LogP contribution >= 0.6 is 11.3 Å². The van der Waals surface area contributed by atoms with E-state index < -0.39 is 0 Å². The van der Waals surface area contributed by atoms with Crippen LogP contribution in [0.25, 0.3) is 0 Å². The number of hydrogen-bond acceptors (Lipinski definition) is 2. The molecule has 0 spiro atoms. The third-order valence-corrected chi connectivity index (χ3v) is 7.72. The van der Waals surface area contributed by atoms with Gasteiger partial charge in [-0.2, -0.15) is 0 Å². The van der Waals surface area contributed by atoms with E-state index in [0.717, 1.165) is 30.6 Å². The minimum absolute atomic E-state index is 0.268. The molecule has 4 aliphatic carbocycles. The van der Waals surface area contributed by atoms with Crippen molar-refractivity contribution in [3.05, 3.63) is 22.4 Å². The van der Waals surface area contributed by atoms with E-state index in [-0.39, 0.29) is 5.91 Å². The molecule has 2 nitrogen and oxygen atoms in total. The highest BCUT2D eigenvalue weighted by Crippen LogP contribution is 2.61. The summed E-state index contributed by atoms with van der Waals surface area (Å²) in [6.45, 7) is 2.28. The molecule has 0 saturated heterocycles. The molecule has 1 heterocycles. The lowest BCUT2D eigenvalue weighted by atomic mass is 9.48. The normalized spacial score (nSPS) is 36.1. The molecule has 23 heavy (non-hydrogen) atoms. The summed E-state index contributed by atoms with van der Waals surface area (Å²) in [6.07, 6.45) is 11.2. The Morgan fingerprint density at radius 2 is 1.91 bits per heavy atom. The fourth-order valence-corrected chi connectivity index (χ4v) is 6.80. The molecule has 0 unspecified atom stereocenters. The number of thiophene rings is 1. The van der Waals surface area contributed by atoms with E-state index >= 15 is 0 Å². The first-order valence-corrected chi connectivity index (χ1v) is 10.3. The fraction of sp³-hybridized carbons (Fsp3) is 0.750. The monoisotopic (exact) mass is 331 g/mol. The number of carbonyl (C=O) groups excluding carboxylic acids is 1. The van der Waals surface area contributed by atoms with E-state index in [1.165, 1.54) is 43.4 Å². The van der Waals surface area contributed by atoms with Gasteiger partial charge in [0.25, 0.3) is 0 Å². The number of carbonyl (C=O) groups is 1. The van der Waals surface area contributed by atoms with E-state index in [2.05, 4.69) is 29.8 Å². The molecule has 1 amide bonds. The SMILES string of the molecule is C[C@H](NC(=O)CCCc1cccs1)C12CC3CC(CC(C3)C1)C2. The van der Waals surface area contributed by atoms with Crippen LogP contribution in [0.4, 0.5) is 0 Å². The van der Waals surface area contributed by atoms with E-state index in [9.17, 15) is 4.79 Å². The number of aryl methyl sites for hydroxylation is 1. The molecule has 1 N–H and O–H groups in total. The van der Waals surface area contributed by atoms with Crippen molar-refractivity contribution in [2.24, 2.45) is 23.2 Å². The second-order valence-corrected chi connectivity index (χ2v) is 9.53. The van der Waals surface area contributed by atoms with E-state index in [1.807, 2.05) is 0 Å². The zero-order chi connectivity index (χ0) is 15.9. The zero-order valence-corrected chi connectivity index (χ0v) is 15.0. The van der Waals surface area contributed by atoms with Gasteiger partial charge < -0.3 is 5.32 Å². The molecule has 1 atom stereocenters. The molecule has 4 aliphatic rings. The average molecular weight is 332 g/mol.